The zero-order valence-electron chi connectivity index (χ0n) is 12.0. The van der Waals surface area contributed by atoms with Crippen molar-refractivity contribution in [2.45, 2.75) is 19.3 Å². The third kappa shape index (κ3) is 6.60. The minimum absolute atomic E-state index is 0.133. The van der Waals surface area contributed by atoms with Crippen LogP contribution < -0.4 is 15.4 Å². The van der Waals surface area contributed by atoms with Gasteiger partial charge in [-0.3, -0.25) is 0 Å². The molecule has 0 saturated carbocycles. The Labute approximate surface area is 135 Å². The molecule has 0 aliphatic carbocycles. The number of nitrogens with one attached hydrogen (secondary N) is 2. The van der Waals surface area contributed by atoms with Crippen LogP contribution in [0.4, 0.5) is 18.0 Å². The Morgan fingerprint density at radius 1 is 1.09 bits per heavy atom. The molecule has 1 heterocycles. The van der Waals surface area contributed by atoms with E-state index in [2.05, 4.69) is 15.4 Å². The van der Waals surface area contributed by atoms with Crippen molar-refractivity contribution in [2.24, 2.45) is 0 Å². The van der Waals surface area contributed by atoms with Gasteiger partial charge < -0.3 is 15.4 Å². The van der Waals surface area contributed by atoms with Crippen molar-refractivity contribution in [2.75, 3.05) is 6.61 Å². The summed E-state index contributed by atoms with van der Waals surface area (Å²) in [5, 5.41) is 7.31. The van der Waals surface area contributed by atoms with Crippen molar-refractivity contribution in [3.63, 3.8) is 0 Å². The van der Waals surface area contributed by atoms with E-state index in [9.17, 15) is 18.0 Å². The minimum atomic E-state index is -4.36. The molecule has 8 heteroatoms. The third-order valence-corrected chi connectivity index (χ3v) is 3.66. The lowest BCUT2D eigenvalue weighted by Crippen LogP contribution is -2.34. The highest BCUT2D eigenvalue weighted by atomic mass is 32.1. The Bertz CT molecular complexity index is 613. The van der Waals surface area contributed by atoms with Gasteiger partial charge in [-0.1, -0.05) is 18.2 Å². The summed E-state index contributed by atoms with van der Waals surface area (Å²) < 4.78 is 40.7. The molecule has 2 rings (SSSR count). The maximum Gasteiger partial charge on any atom is 0.422 e. The molecule has 0 aliphatic rings. The van der Waals surface area contributed by atoms with Gasteiger partial charge in [0.1, 0.15) is 5.75 Å². The van der Waals surface area contributed by atoms with Crippen LogP contribution in [0.3, 0.4) is 0 Å². The minimum Gasteiger partial charge on any atom is -0.484 e. The van der Waals surface area contributed by atoms with Crippen LogP contribution in [0.5, 0.6) is 5.75 Å². The molecule has 2 amide bonds. The van der Waals surface area contributed by atoms with Gasteiger partial charge in [0.25, 0.3) is 0 Å². The quantitative estimate of drug-likeness (QED) is 0.840. The summed E-state index contributed by atoms with van der Waals surface area (Å²) in [6.45, 7) is -0.598. The Hall–Kier alpha value is -2.22. The van der Waals surface area contributed by atoms with Crippen LogP contribution in [0.1, 0.15) is 10.4 Å². The van der Waals surface area contributed by atoms with E-state index < -0.39 is 12.8 Å². The van der Waals surface area contributed by atoms with Crippen LogP contribution in [0.15, 0.2) is 41.8 Å². The van der Waals surface area contributed by atoms with Crippen molar-refractivity contribution in [1.82, 2.24) is 10.6 Å². The molecule has 0 fully saturated rings. The zero-order chi connectivity index (χ0) is 16.7. The average molecular weight is 344 g/mol. The van der Waals surface area contributed by atoms with E-state index in [4.69, 9.17) is 0 Å². The summed E-state index contributed by atoms with van der Waals surface area (Å²) in [7, 11) is 0. The predicted molar refractivity (Wildman–Crippen MR) is 81.4 cm³/mol. The van der Waals surface area contributed by atoms with Crippen LogP contribution in [-0.4, -0.2) is 18.8 Å². The van der Waals surface area contributed by atoms with Crippen molar-refractivity contribution >= 4 is 17.4 Å². The van der Waals surface area contributed by atoms with Gasteiger partial charge in [0, 0.05) is 11.4 Å². The van der Waals surface area contributed by atoms with Crippen LogP contribution in [0, 0.1) is 0 Å². The number of alkyl halides is 3. The van der Waals surface area contributed by atoms with E-state index in [1.54, 1.807) is 23.5 Å². The molecular weight excluding hydrogens is 329 g/mol. The van der Waals surface area contributed by atoms with Crippen molar-refractivity contribution in [3.8, 4) is 5.75 Å². The molecular formula is C15H15F3N2O2S. The molecule has 124 valence electrons. The summed E-state index contributed by atoms with van der Waals surface area (Å²) in [6.07, 6.45) is -4.36. The molecule has 0 atom stereocenters. The molecule has 4 nitrogen and oxygen atoms in total. The maximum absolute atomic E-state index is 12.0. The second-order valence-electron chi connectivity index (χ2n) is 4.66. The highest BCUT2D eigenvalue weighted by Crippen LogP contribution is 2.18. The first-order chi connectivity index (χ1) is 10.9. The summed E-state index contributed by atoms with van der Waals surface area (Å²) in [4.78, 5) is 12.7. The SMILES string of the molecule is O=C(NCc1ccc(OCC(F)(F)F)cc1)NCc1cccs1. The molecule has 0 radical (unpaired) electrons. The molecule has 0 spiro atoms. The number of benzene rings is 1. The number of thiophene rings is 1. The lowest BCUT2D eigenvalue weighted by atomic mass is 10.2. The van der Waals surface area contributed by atoms with Gasteiger partial charge in [-0.2, -0.15) is 13.2 Å². The number of hydrogen-bond acceptors (Lipinski definition) is 3. The van der Waals surface area contributed by atoms with Crippen molar-refractivity contribution in [1.29, 1.82) is 0 Å². The molecule has 0 saturated heterocycles. The zero-order valence-corrected chi connectivity index (χ0v) is 12.8. The predicted octanol–water partition coefficient (Wildman–Crippen LogP) is 3.69. The highest BCUT2D eigenvalue weighted by Gasteiger charge is 2.28. The molecule has 23 heavy (non-hydrogen) atoms. The Balaban J connectivity index is 1.72. The van der Waals surface area contributed by atoms with Crippen LogP contribution in [-0.2, 0) is 13.1 Å². The molecule has 0 unspecified atom stereocenters. The molecule has 0 aliphatic heterocycles. The van der Waals surface area contributed by atoms with E-state index in [-0.39, 0.29) is 18.3 Å². The number of urea groups is 1. The second-order valence-corrected chi connectivity index (χ2v) is 5.70. The number of carbonyl (C=O) groups is 1. The lowest BCUT2D eigenvalue weighted by Gasteiger charge is -2.10. The third-order valence-electron chi connectivity index (χ3n) is 2.78. The van der Waals surface area contributed by atoms with Gasteiger partial charge in [-0.25, -0.2) is 4.79 Å². The standard InChI is InChI=1S/C15H15F3N2O2S/c16-15(17,18)10-22-12-5-3-11(4-6-12)8-19-14(21)20-9-13-2-1-7-23-13/h1-7H,8-10H2,(H2,19,20,21). The van der Waals surface area contributed by atoms with Gasteiger partial charge in [-0.15, -0.1) is 11.3 Å². The van der Waals surface area contributed by atoms with Crippen LogP contribution in [0.25, 0.3) is 0 Å². The van der Waals surface area contributed by atoms with Gasteiger partial charge in [-0.05, 0) is 29.1 Å². The number of halogens is 3. The molecule has 2 N–H and O–H groups in total. The Morgan fingerprint density at radius 2 is 1.78 bits per heavy atom. The molecule has 2 aromatic rings. The molecule has 0 bridgehead atoms. The largest absolute Gasteiger partial charge is 0.484 e. The fourth-order valence-electron chi connectivity index (χ4n) is 1.69. The number of ether oxygens (including phenoxy) is 1. The normalized spacial score (nSPS) is 11.1. The van der Waals surface area contributed by atoms with Crippen LogP contribution >= 0.6 is 11.3 Å². The number of hydrogen-bond donors (Lipinski definition) is 2. The Kier molecular flexibility index (Phi) is 5.86. The summed E-state index contributed by atoms with van der Waals surface area (Å²) in [5.41, 5.74) is 0.760. The van der Waals surface area contributed by atoms with Gasteiger partial charge in [0.15, 0.2) is 6.61 Å². The first-order valence-electron chi connectivity index (χ1n) is 6.75. The topological polar surface area (TPSA) is 50.4 Å². The fourth-order valence-corrected chi connectivity index (χ4v) is 2.34. The van der Waals surface area contributed by atoms with Gasteiger partial charge in [0.05, 0.1) is 6.54 Å². The lowest BCUT2D eigenvalue weighted by molar-refractivity contribution is -0.153. The summed E-state index contributed by atoms with van der Waals surface area (Å²) >= 11 is 1.55. The van der Waals surface area contributed by atoms with E-state index in [0.29, 0.717) is 6.54 Å². The monoisotopic (exact) mass is 344 g/mol. The number of amides is 2. The second kappa shape index (κ2) is 7.87. The smallest absolute Gasteiger partial charge is 0.422 e. The number of rotatable bonds is 6. The number of carbonyl (C=O) groups excluding carboxylic acids is 1. The molecule has 1 aromatic heterocycles. The first-order valence-corrected chi connectivity index (χ1v) is 7.63. The Morgan fingerprint density at radius 3 is 2.39 bits per heavy atom. The van der Waals surface area contributed by atoms with E-state index in [0.717, 1.165) is 10.4 Å². The van der Waals surface area contributed by atoms with E-state index in [1.165, 1.54) is 12.1 Å². The first kappa shape index (κ1) is 17.1. The molecule has 1 aromatic carbocycles. The maximum atomic E-state index is 12.0. The van der Waals surface area contributed by atoms with Gasteiger partial charge in [0.2, 0.25) is 0 Å². The van der Waals surface area contributed by atoms with E-state index in [1.807, 2.05) is 17.5 Å². The van der Waals surface area contributed by atoms with Gasteiger partial charge >= 0.3 is 12.2 Å². The van der Waals surface area contributed by atoms with Crippen LogP contribution in [0.2, 0.25) is 0 Å². The van der Waals surface area contributed by atoms with Crippen molar-refractivity contribution < 1.29 is 22.7 Å². The fraction of sp³-hybridized carbons (Fsp3) is 0.267. The average Bonchev–Trinajstić information content (AvgIpc) is 3.02. The van der Waals surface area contributed by atoms with Crippen molar-refractivity contribution in [3.05, 3.63) is 52.2 Å². The highest BCUT2D eigenvalue weighted by molar-refractivity contribution is 7.09. The summed E-state index contributed by atoms with van der Waals surface area (Å²) in [5.74, 6) is 0.133. The van der Waals surface area contributed by atoms with E-state index >= 15 is 0 Å². The summed E-state index contributed by atoms with van der Waals surface area (Å²) in [6, 6.07) is 9.60.